The number of nitrogens with zero attached hydrogens (tertiary/aromatic N) is 2. The smallest absolute Gasteiger partial charge is 0.134 e. The summed E-state index contributed by atoms with van der Waals surface area (Å²) in [5.41, 5.74) is 2.59. The first-order chi connectivity index (χ1) is 8.95. The molecule has 0 unspecified atom stereocenters. The molecule has 0 aliphatic carbocycles. The molecule has 4 nitrogen and oxygen atoms in total. The monoisotopic (exact) mass is 260 g/mol. The van der Waals surface area contributed by atoms with Gasteiger partial charge < -0.3 is 10.6 Å². The fourth-order valence-corrected chi connectivity index (χ4v) is 2.25. The Labute approximate surface area is 111 Å². The molecule has 0 atom stereocenters. The molecule has 1 aromatic carbocycles. The van der Waals surface area contributed by atoms with Crippen LogP contribution in [-0.4, -0.2) is 9.78 Å². The number of benzene rings is 1. The summed E-state index contributed by atoms with van der Waals surface area (Å²) >= 11 is 0. The summed E-state index contributed by atoms with van der Waals surface area (Å²) in [7, 11) is 0. The van der Waals surface area contributed by atoms with E-state index in [1.165, 1.54) is 12.1 Å². The Bertz CT molecular complexity index is 625. The van der Waals surface area contributed by atoms with Crippen LogP contribution >= 0.6 is 0 Å². The highest BCUT2D eigenvalue weighted by molar-refractivity contribution is 5.76. The summed E-state index contributed by atoms with van der Waals surface area (Å²) in [6, 6.07) is 4.70. The van der Waals surface area contributed by atoms with E-state index in [1.807, 2.05) is 10.9 Å². The highest BCUT2D eigenvalue weighted by atomic mass is 19.1. The molecule has 3 rings (SSSR count). The minimum atomic E-state index is -0.252. The van der Waals surface area contributed by atoms with Crippen LogP contribution < -0.4 is 10.6 Å². The fraction of sp³-hybridized carbons (Fsp3) is 0.357. The summed E-state index contributed by atoms with van der Waals surface area (Å²) in [5.74, 6) is 0.669. The van der Waals surface area contributed by atoms with E-state index in [9.17, 15) is 4.39 Å². The highest BCUT2D eigenvalue weighted by Crippen LogP contribution is 2.34. The summed E-state index contributed by atoms with van der Waals surface area (Å²) < 4.78 is 15.3. The van der Waals surface area contributed by atoms with Crippen molar-refractivity contribution >= 4 is 17.2 Å². The first-order valence-corrected chi connectivity index (χ1v) is 6.33. The molecular weight excluding hydrogens is 243 g/mol. The number of anilines is 3. The van der Waals surface area contributed by atoms with Gasteiger partial charge in [0.2, 0.25) is 0 Å². The molecular formula is C14H17FN4. The Morgan fingerprint density at radius 1 is 1.26 bits per heavy atom. The van der Waals surface area contributed by atoms with E-state index in [-0.39, 0.29) is 11.4 Å². The molecule has 2 aromatic rings. The van der Waals surface area contributed by atoms with Crippen molar-refractivity contribution in [2.75, 3.05) is 10.6 Å². The van der Waals surface area contributed by atoms with Gasteiger partial charge in [0.1, 0.15) is 11.6 Å². The molecule has 5 heteroatoms. The van der Waals surface area contributed by atoms with Gasteiger partial charge >= 0.3 is 0 Å². The largest absolute Gasteiger partial charge is 0.379 e. The van der Waals surface area contributed by atoms with Crippen molar-refractivity contribution in [3.05, 3.63) is 35.8 Å². The van der Waals surface area contributed by atoms with Gasteiger partial charge in [-0.25, -0.2) is 9.07 Å². The molecule has 19 heavy (non-hydrogen) atoms. The second-order valence-corrected chi connectivity index (χ2v) is 5.77. The average Bonchev–Trinajstić information content (AvgIpc) is 2.63. The van der Waals surface area contributed by atoms with Gasteiger partial charge in [0.05, 0.1) is 23.1 Å². The summed E-state index contributed by atoms with van der Waals surface area (Å²) in [6.45, 7) is 6.95. The van der Waals surface area contributed by atoms with Crippen LogP contribution in [0.5, 0.6) is 0 Å². The highest BCUT2D eigenvalue weighted by Gasteiger charge is 2.23. The summed E-state index contributed by atoms with van der Waals surface area (Å²) in [4.78, 5) is 0. The number of hydrogen-bond donors (Lipinski definition) is 2. The lowest BCUT2D eigenvalue weighted by Gasteiger charge is -2.23. The third-order valence-corrected chi connectivity index (χ3v) is 3.18. The van der Waals surface area contributed by atoms with Gasteiger partial charge in [-0.05, 0) is 39.0 Å². The van der Waals surface area contributed by atoms with Gasteiger partial charge in [0.25, 0.3) is 0 Å². The zero-order valence-electron chi connectivity index (χ0n) is 11.3. The lowest BCUT2D eigenvalue weighted by atomic mass is 10.1. The first-order valence-electron chi connectivity index (χ1n) is 6.33. The molecule has 0 spiro atoms. The van der Waals surface area contributed by atoms with E-state index in [1.54, 1.807) is 6.07 Å². The molecule has 0 saturated carbocycles. The zero-order chi connectivity index (χ0) is 13.6. The van der Waals surface area contributed by atoms with Crippen molar-refractivity contribution in [2.45, 2.75) is 32.9 Å². The van der Waals surface area contributed by atoms with Gasteiger partial charge in [-0.3, -0.25) is 0 Å². The maximum atomic E-state index is 13.4. The number of fused-ring (bicyclic) bond motifs is 2. The predicted molar refractivity (Wildman–Crippen MR) is 74.2 cm³/mol. The van der Waals surface area contributed by atoms with E-state index in [0.29, 0.717) is 6.54 Å². The number of nitrogens with one attached hydrogen (secondary N) is 2. The predicted octanol–water partition coefficient (Wildman–Crippen LogP) is 3.45. The quantitative estimate of drug-likeness (QED) is 0.762. The molecule has 1 aliphatic heterocycles. The first kappa shape index (κ1) is 12.0. The minimum Gasteiger partial charge on any atom is -0.379 e. The van der Waals surface area contributed by atoms with Crippen LogP contribution in [0.3, 0.4) is 0 Å². The lowest BCUT2D eigenvalue weighted by molar-refractivity contribution is 0.361. The molecule has 2 heterocycles. The van der Waals surface area contributed by atoms with Crippen LogP contribution in [0, 0.1) is 5.82 Å². The maximum absolute atomic E-state index is 13.4. The fourth-order valence-electron chi connectivity index (χ4n) is 2.25. The van der Waals surface area contributed by atoms with Crippen LogP contribution in [-0.2, 0) is 12.1 Å². The third kappa shape index (κ3) is 2.05. The van der Waals surface area contributed by atoms with Crippen molar-refractivity contribution in [2.24, 2.45) is 0 Å². The van der Waals surface area contributed by atoms with Crippen molar-refractivity contribution < 1.29 is 4.39 Å². The van der Waals surface area contributed by atoms with Gasteiger partial charge in [-0.15, -0.1) is 0 Å². The number of rotatable bonds is 0. The normalized spacial score (nSPS) is 13.9. The minimum absolute atomic E-state index is 0.127. The van der Waals surface area contributed by atoms with Crippen LogP contribution in [0.15, 0.2) is 24.4 Å². The maximum Gasteiger partial charge on any atom is 0.134 e. The molecule has 0 bridgehead atoms. The van der Waals surface area contributed by atoms with Crippen molar-refractivity contribution in [1.82, 2.24) is 9.78 Å². The van der Waals surface area contributed by atoms with E-state index in [4.69, 9.17) is 0 Å². The average molecular weight is 260 g/mol. The Morgan fingerprint density at radius 2 is 2.05 bits per heavy atom. The van der Waals surface area contributed by atoms with Gasteiger partial charge in [-0.2, -0.15) is 5.10 Å². The topological polar surface area (TPSA) is 41.9 Å². The molecule has 100 valence electrons. The Hall–Kier alpha value is -2.04. The molecule has 0 saturated heterocycles. The van der Waals surface area contributed by atoms with Crippen molar-refractivity contribution in [1.29, 1.82) is 0 Å². The second-order valence-electron chi connectivity index (χ2n) is 5.77. The number of halogens is 1. The Morgan fingerprint density at radius 3 is 2.79 bits per heavy atom. The third-order valence-electron chi connectivity index (χ3n) is 3.18. The van der Waals surface area contributed by atoms with Crippen molar-refractivity contribution in [3.8, 4) is 0 Å². The molecule has 2 N–H and O–H groups in total. The van der Waals surface area contributed by atoms with E-state index >= 15 is 0 Å². The Kier molecular flexibility index (Phi) is 2.52. The van der Waals surface area contributed by atoms with E-state index in [0.717, 1.165) is 22.8 Å². The number of hydrogen-bond acceptors (Lipinski definition) is 3. The molecule has 1 aliphatic rings. The number of aromatic nitrogens is 2. The van der Waals surface area contributed by atoms with Crippen LogP contribution in [0.25, 0.3) is 0 Å². The summed E-state index contributed by atoms with van der Waals surface area (Å²) in [5, 5.41) is 11.0. The van der Waals surface area contributed by atoms with E-state index in [2.05, 4.69) is 36.5 Å². The van der Waals surface area contributed by atoms with Gasteiger partial charge in [0.15, 0.2) is 0 Å². The standard InChI is InChI=1S/C14H17FN4/c1-14(2,3)19-13-9(8-17-19)7-16-11-5-4-10(15)6-12(11)18-13/h4-6,8,16,18H,7H2,1-3H3. The summed E-state index contributed by atoms with van der Waals surface area (Å²) in [6.07, 6.45) is 1.85. The van der Waals surface area contributed by atoms with Gasteiger partial charge in [0, 0.05) is 12.1 Å². The molecule has 0 fully saturated rings. The van der Waals surface area contributed by atoms with Gasteiger partial charge in [-0.1, -0.05) is 0 Å². The van der Waals surface area contributed by atoms with Crippen LogP contribution in [0.1, 0.15) is 26.3 Å². The van der Waals surface area contributed by atoms with Crippen LogP contribution in [0.4, 0.5) is 21.6 Å². The molecule has 0 radical (unpaired) electrons. The SMILES string of the molecule is CC(C)(C)n1ncc2c1Nc1cc(F)ccc1NC2. The van der Waals surface area contributed by atoms with Crippen molar-refractivity contribution in [3.63, 3.8) is 0 Å². The van der Waals surface area contributed by atoms with E-state index < -0.39 is 0 Å². The molecule has 0 amide bonds. The second kappa shape index (κ2) is 3.98. The van der Waals surface area contributed by atoms with Crippen LogP contribution in [0.2, 0.25) is 0 Å². The lowest BCUT2D eigenvalue weighted by Crippen LogP contribution is -2.24. The zero-order valence-corrected chi connectivity index (χ0v) is 11.3. The Balaban J connectivity index is 2.10. The molecule has 1 aromatic heterocycles.